The summed E-state index contributed by atoms with van der Waals surface area (Å²) in [5.74, 6) is -3.18. The lowest BCUT2D eigenvalue weighted by atomic mass is 10.2. The van der Waals surface area contributed by atoms with Gasteiger partial charge in [-0.05, 0) is 25.1 Å². The van der Waals surface area contributed by atoms with Crippen LogP contribution in [0.5, 0.6) is 0 Å². The van der Waals surface area contributed by atoms with Crippen LogP contribution in [-0.4, -0.2) is 22.5 Å². The van der Waals surface area contributed by atoms with E-state index in [0.717, 1.165) is 22.8 Å². The fourth-order valence-electron chi connectivity index (χ4n) is 1.85. The number of esters is 1. The lowest BCUT2D eigenvalue weighted by Gasteiger charge is -2.14. The normalized spacial score (nSPS) is 11.6. The second-order valence-corrected chi connectivity index (χ2v) is 4.91. The van der Waals surface area contributed by atoms with Crippen LogP contribution in [-0.2, 0) is 20.9 Å². The maximum Gasteiger partial charge on any atom is 0.326 e. The van der Waals surface area contributed by atoms with Gasteiger partial charge in [-0.15, -0.1) is 0 Å². The van der Waals surface area contributed by atoms with Crippen LogP contribution in [0.3, 0.4) is 0 Å². The maximum absolute atomic E-state index is 13.5. The Hall–Kier alpha value is -3.03. The molecule has 0 saturated carbocycles. The predicted molar refractivity (Wildman–Crippen MR) is 81.2 cm³/mol. The molecule has 6 nitrogen and oxygen atoms in total. The van der Waals surface area contributed by atoms with Gasteiger partial charge in [0, 0.05) is 18.3 Å². The van der Waals surface area contributed by atoms with Gasteiger partial charge in [-0.2, -0.15) is 0 Å². The number of ether oxygens (including phenoxy) is 1. The first kappa shape index (κ1) is 17.3. The van der Waals surface area contributed by atoms with Crippen LogP contribution in [0.2, 0.25) is 0 Å². The summed E-state index contributed by atoms with van der Waals surface area (Å²) in [7, 11) is 0. The van der Waals surface area contributed by atoms with Gasteiger partial charge in [-0.1, -0.05) is 6.07 Å². The zero-order valence-electron chi connectivity index (χ0n) is 12.7. The summed E-state index contributed by atoms with van der Waals surface area (Å²) in [5.41, 5.74) is -0.754. The summed E-state index contributed by atoms with van der Waals surface area (Å²) in [6.45, 7) is 0.907. The van der Waals surface area contributed by atoms with Gasteiger partial charge >= 0.3 is 5.97 Å². The molecule has 0 aliphatic rings. The molecule has 0 aliphatic heterocycles. The van der Waals surface area contributed by atoms with Crippen molar-refractivity contribution >= 4 is 17.6 Å². The number of carbonyl (C=O) groups excluding carboxylic acids is 2. The van der Waals surface area contributed by atoms with E-state index >= 15 is 0 Å². The van der Waals surface area contributed by atoms with Crippen molar-refractivity contribution < 1.29 is 23.1 Å². The molecule has 1 aromatic heterocycles. The Morgan fingerprint density at radius 2 is 2.00 bits per heavy atom. The molecule has 2 rings (SSSR count). The SMILES string of the molecule is C[C@@H](OC(=O)Cn1ccccc1=O)C(=O)Nc1cc(F)ccc1F. The van der Waals surface area contributed by atoms with E-state index in [2.05, 4.69) is 5.32 Å². The zero-order valence-corrected chi connectivity index (χ0v) is 12.7. The quantitative estimate of drug-likeness (QED) is 0.843. The van der Waals surface area contributed by atoms with Crippen molar-refractivity contribution in [2.75, 3.05) is 5.32 Å². The number of nitrogens with zero attached hydrogens (tertiary/aromatic N) is 1. The van der Waals surface area contributed by atoms with Crippen LogP contribution >= 0.6 is 0 Å². The highest BCUT2D eigenvalue weighted by molar-refractivity contribution is 5.95. The third-order valence-electron chi connectivity index (χ3n) is 3.06. The second-order valence-electron chi connectivity index (χ2n) is 4.91. The Labute approximate surface area is 135 Å². The molecular formula is C16H14F2N2O4. The number of pyridine rings is 1. The summed E-state index contributed by atoms with van der Waals surface area (Å²) in [5, 5.41) is 2.13. The number of benzene rings is 1. The molecular weight excluding hydrogens is 322 g/mol. The summed E-state index contributed by atoms with van der Waals surface area (Å²) >= 11 is 0. The zero-order chi connectivity index (χ0) is 17.7. The molecule has 1 amide bonds. The topological polar surface area (TPSA) is 77.4 Å². The largest absolute Gasteiger partial charge is 0.451 e. The molecule has 1 heterocycles. The van der Waals surface area contributed by atoms with Gasteiger partial charge in [0.05, 0.1) is 5.69 Å². The van der Waals surface area contributed by atoms with Crippen molar-refractivity contribution in [3.05, 3.63) is 64.6 Å². The fraction of sp³-hybridized carbons (Fsp3) is 0.188. The second kappa shape index (κ2) is 7.49. The van der Waals surface area contributed by atoms with Gasteiger partial charge in [-0.3, -0.25) is 14.4 Å². The van der Waals surface area contributed by atoms with Gasteiger partial charge in [0.1, 0.15) is 18.2 Å². The Morgan fingerprint density at radius 3 is 2.71 bits per heavy atom. The molecule has 0 unspecified atom stereocenters. The lowest BCUT2D eigenvalue weighted by Crippen LogP contribution is -2.32. The summed E-state index contributed by atoms with van der Waals surface area (Å²) < 4.78 is 32.5. The number of carbonyl (C=O) groups is 2. The first-order chi connectivity index (χ1) is 11.4. The van der Waals surface area contributed by atoms with Crippen LogP contribution in [0.25, 0.3) is 0 Å². The average Bonchev–Trinajstić information content (AvgIpc) is 2.53. The molecule has 1 atom stereocenters. The summed E-state index contributed by atoms with van der Waals surface area (Å²) in [6.07, 6.45) is 0.149. The lowest BCUT2D eigenvalue weighted by molar-refractivity contribution is -0.153. The van der Waals surface area contributed by atoms with E-state index in [1.54, 1.807) is 6.07 Å². The number of halogens is 2. The predicted octanol–water partition coefficient (Wildman–Crippen LogP) is 1.70. The molecule has 2 aromatic rings. The molecule has 0 aliphatic carbocycles. The highest BCUT2D eigenvalue weighted by Gasteiger charge is 2.19. The summed E-state index contributed by atoms with van der Waals surface area (Å²) in [6, 6.07) is 6.95. The Kier molecular flexibility index (Phi) is 5.41. The van der Waals surface area contributed by atoms with Crippen LogP contribution < -0.4 is 10.9 Å². The number of hydrogen-bond donors (Lipinski definition) is 1. The Morgan fingerprint density at radius 1 is 1.25 bits per heavy atom. The van der Waals surface area contributed by atoms with Gasteiger partial charge < -0.3 is 14.6 Å². The van der Waals surface area contributed by atoms with E-state index in [9.17, 15) is 23.2 Å². The molecule has 0 fully saturated rings. The van der Waals surface area contributed by atoms with Crippen molar-refractivity contribution in [1.29, 1.82) is 0 Å². The molecule has 8 heteroatoms. The number of nitrogens with one attached hydrogen (secondary N) is 1. The summed E-state index contributed by atoms with van der Waals surface area (Å²) in [4.78, 5) is 35.1. The Bertz CT molecular complexity index is 820. The van der Waals surface area contributed by atoms with Crippen molar-refractivity contribution in [3.8, 4) is 0 Å². The standard InChI is InChI=1S/C16H14F2N2O4/c1-10(16(23)19-13-8-11(17)5-6-12(13)18)24-15(22)9-20-7-3-2-4-14(20)21/h2-8,10H,9H2,1H3,(H,19,23)/t10-/m1/s1. The van der Waals surface area contributed by atoms with E-state index in [-0.39, 0.29) is 12.2 Å². The number of hydrogen-bond acceptors (Lipinski definition) is 4. The smallest absolute Gasteiger partial charge is 0.326 e. The molecule has 0 bridgehead atoms. The monoisotopic (exact) mass is 336 g/mol. The van der Waals surface area contributed by atoms with Gasteiger partial charge in [-0.25, -0.2) is 8.78 Å². The van der Waals surface area contributed by atoms with Crippen LogP contribution in [0, 0.1) is 11.6 Å². The minimum absolute atomic E-state index is 0.359. The van der Waals surface area contributed by atoms with Crippen LogP contribution in [0.4, 0.5) is 14.5 Å². The van der Waals surface area contributed by atoms with Crippen LogP contribution in [0.15, 0.2) is 47.4 Å². The minimum atomic E-state index is -1.25. The molecule has 1 N–H and O–H groups in total. The molecule has 24 heavy (non-hydrogen) atoms. The average molecular weight is 336 g/mol. The van der Waals surface area contributed by atoms with Crippen LogP contribution in [0.1, 0.15) is 6.92 Å². The van der Waals surface area contributed by atoms with E-state index in [1.165, 1.54) is 25.3 Å². The van der Waals surface area contributed by atoms with E-state index in [0.29, 0.717) is 0 Å². The molecule has 1 aromatic carbocycles. The minimum Gasteiger partial charge on any atom is -0.451 e. The van der Waals surface area contributed by atoms with Gasteiger partial charge in [0.2, 0.25) is 0 Å². The number of aromatic nitrogens is 1. The number of anilines is 1. The molecule has 0 radical (unpaired) electrons. The molecule has 0 saturated heterocycles. The number of amides is 1. The van der Waals surface area contributed by atoms with Gasteiger partial charge in [0.15, 0.2) is 6.10 Å². The third kappa shape index (κ3) is 4.48. The first-order valence-corrected chi connectivity index (χ1v) is 6.97. The maximum atomic E-state index is 13.5. The van der Waals surface area contributed by atoms with Crippen molar-refractivity contribution in [1.82, 2.24) is 4.57 Å². The third-order valence-corrected chi connectivity index (χ3v) is 3.06. The van der Waals surface area contributed by atoms with E-state index in [1.807, 2.05) is 0 Å². The van der Waals surface area contributed by atoms with Crippen molar-refractivity contribution in [2.45, 2.75) is 19.6 Å². The first-order valence-electron chi connectivity index (χ1n) is 6.97. The van der Waals surface area contributed by atoms with Crippen molar-refractivity contribution in [3.63, 3.8) is 0 Å². The van der Waals surface area contributed by atoms with Crippen molar-refractivity contribution in [2.24, 2.45) is 0 Å². The van der Waals surface area contributed by atoms with E-state index in [4.69, 9.17) is 4.74 Å². The molecule has 126 valence electrons. The molecule has 0 spiro atoms. The highest BCUT2D eigenvalue weighted by atomic mass is 19.1. The van der Waals surface area contributed by atoms with E-state index < -0.39 is 35.2 Å². The number of rotatable bonds is 5. The fourth-order valence-corrected chi connectivity index (χ4v) is 1.85. The highest BCUT2D eigenvalue weighted by Crippen LogP contribution is 2.15. The van der Waals surface area contributed by atoms with Gasteiger partial charge in [0.25, 0.3) is 11.5 Å². The Balaban J connectivity index is 1.96.